The van der Waals surface area contributed by atoms with Crippen LogP contribution in [-0.2, 0) is 46.5 Å². The summed E-state index contributed by atoms with van der Waals surface area (Å²) in [6.07, 6.45) is 1.24. The molecule has 2 aromatic rings. The average Bonchev–Trinajstić information content (AvgIpc) is 3.77. The van der Waals surface area contributed by atoms with Gasteiger partial charge in [0, 0.05) is 25.6 Å². The maximum Gasteiger partial charge on any atom is 0.408 e. The Hall–Kier alpha value is -5.75. The Morgan fingerprint density at radius 2 is 1.33 bits per heavy atom. The van der Waals surface area contributed by atoms with Crippen LogP contribution in [0.3, 0.4) is 0 Å². The van der Waals surface area contributed by atoms with Gasteiger partial charge in [0.2, 0.25) is 29.5 Å². The summed E-state index contributed by atoms with van der Waals surface area (Å²) in [5.74, 6) is -3.08. The van der Waals surface area contributed by atoms with Crippen LogP contribution in [0.4, 0.5) is 9.59 Å². The minimum absolute atomic E-state index is 0.00170. The van der Waals surface area contributed by atoms with Crippen molar-refractivity contribution in [1.82, 2.24) is 41.9 Å². The van der Waals surface area contributed by atoms with Gasteiger partial charge >= 0.3 is 12.2 Å². The number of carbonyl (C=O) groups excluding carboxylic acids is 7. The molecule has 2 saturated heterocycles. The maximum atomic E-state index is 14.6. The number of piperidine rings is 1. The molecule has 0 aliphatic carbocycles. The first-order chi connectivity index (χ1) is 32.8. The van der Waals surface area contributed by atoms with Gasteiger partial charge in [-0.15, -0.1) is 0 Å². The lowest BCUT2D eigenvalue weighted by molar-refractivity contribution is -0.246. The second kappa shape index (κ2) is 25.4. The van der Waals surface area contributed by atoms with E-state index in [9.17, 15) is 33.6 Å². The molecule has 0 saturated carbocycles. The number of rotatable bonds is 21. The molecule has 2 fully saturated rings. The minimum atomic E-state index is -1.11. The summed E-state index contributed by atoms with van der Waals surface area (Å²) in [5.41, 5.74) is -0.302. The van der Waals surface area contributed by atoms with Crippen LogP contribution >= 0.6 is 0 Å². The van der Waals surface area contributed by atoms with E-state index in [1.807, 2.05) is 102 Å². The quantitative estimate of drug-likeness (QED) is 0.0741. The smallest absolute Gasteiger partial charge is 0.408 e. The van der Waals surface area contributed by atoms with Crippen molar-refractivity contribution in [2.75, 3.05) is 13.1 Å². The van der Waals surface area contributed by atoms with Gasteiger partial charge in [0.1, 0.15) is 42.4 Å². The van der Waals surface area contributed by atoms with Crippen LogP contribution in [0, 0.1) is 11.8 Å². The van der Waals surface area contributed by atoms with Gasteiger partial charge in [-0.05, 0) is 116 Å². The van der Waals surface area contributed by atoms with Crippen molar-refractivity contribution in [3.8, 4) is 0 Å². The van der Waals surface area contributed by atoms with Crippen molar-refractivity contribution in [3.05, 3.63) is 71.8 Å². The molecule has 7 amide bonds. The number of amides is 7. The third kappa shape index (κ3) is 17.6. The lowest BCUT2D eigenvalue weighted by atomic mass is 9.79. The number of hydroxylamine groups is 2. The highest BCUT2D eigenvalue weighted by Gasteiger charge is 2.49. The number of nitrogens with zero attached hydrogens (tertiary/aromatic N) is 2. The molecule has 2 aliphatic rings. The van der Waals surface area contributed by atoms with Crippen LogP contribution in [0.1, 0.15) is 132 Å². The predicted molar refractivity (Wildman–Crippen MR) is 267 cm³/mol. The Kier molecular flexibility index (Phi) is 20.6. The Balaban J connectivity index is 1.50. The van der Waals surface area contributed by atoms with Crippen molar-refractivity contribution >= 4 is 41.7 Å². The van der Waals surface area contributed by atoms with E-state index >= 15 is 0 Å². The van der Waals surface area contributed by atoms with Gasteiger partial charge < -0.3 is 51.5 Å². The van der Waals surface area contributed by atoms with Crippen LogP contribution < -0.4 is 31.9 Å². The Morgan fingerprint density at radius 3 is 1.90 bits per heavy atom. The first kappa shape index (κ1) is 56.8. The van der Waals surface area contributed by atoms with E-state index in [0.717, 1.165) is 11.1 Å². The van der Waals surface area contributed by atoms with Crippen molar-refractivity contribution in [2.24, 2.45) is 11.8 Å². The van der Waals surface area contributed by atoms with Gasteiger partial charge in [0.05, 0.1) is 11.1 Å². The third-order valence-corrected chi connectivity index (χ3v) is 12.5. The minimum Gasteiger partial charge on any atom is -0.445 e. The highest BCUT2D eigenvalue weighted by atomic mass is 16.6. The summed E-state index contributed by atoms with van der Waals surface area (Å²) in [6.45, 7) is 20.8. The number of alkyl carbamates (subject to hydrolysis) is 2. The van der Waals surface area contributed by atoms with Crippen LogP contribution in [0.2, 0.25) is 0 Å². The molecule has 0 spiro atoms. The summed E-state index contributed by atoms with van der Waals surface area (Å²) < 4.78 is 10.8. The number of benzene rings is 2. The molecular formula is C52H81N8O10+. The number of hydrogen-bond acceptors (Lipinski definition) is 10. The number of hydrogen-bond donors (Lipinski definition) is 6. The molecule has 4 rings (SSSR count). The molecule has 0 aromatic heterocycles. The van der Waals surface area contributed by atoms with E-state index in [1.165, 1.54) is 4.90 Å². The maximum absolute atomic E-state index is 14.6. The second-order valence-electron chi connectivity index (χ2n) is 21.8. The van der Waals surface area contributed by atoms with Crippen molar-refractivity contribution in [2.45, 2.75) is 187 Å². The first-order valence-electron chi connectivity index (χ1n) is 24.8. The molecule has 5 atom stereocenters. The summed E-state index contributed by atoms with van der Waals surface area (Å²) in [6, 6.07) is 12.9. The highest BCUT2D eigenvalue weighted by molar-refractivity contribution is 5.96. The zero-order chi connectivity index (χ0) is 52.0. The third-order valence-electron chi connectivity index (χ3n) is 12.5. The lowest BCUT2D eigenvalue weighted by Crippen LogP contribution is -2.64. The number of nitrogens with one attached hydrogen (secondary N) is 6. The van der Waals surface area contributed by atoms with Gasteiger partial charge in [-0.3, -0.25) is 24.0 Å². The van der Waals surface area contributed by atoms with Gasteiger partial charge in [-0.2, -0.15) is 0 Å². The van der Waals surface area contributed by atoms with E-state index in [4.69, 9.17) is 14.7 Å². The Morgan fingerprint density at radius 1 is 0.743 bits per heavy atom. The summed E-state index contributed by atoms with van der Waals surface area (Å²) in [7, 11) is 0. The standard InChI is InChI=1S/C52H80N8O10/c1-33(2)28-39(57-49(67)70-50(5,6)7)44(62)56-40(29-35-20-14-12-15-21-35)47(65)59-27-19-25-41(59)45(63)58-42(34(3)4)46(64)55-38(24-18-26-53-48(66)69-32-36-22-16-13-17-23-36)43(61)54-37-30-51(8,9)60(68)52(10,11)31-37/h12-17,20-23,33-34,37-42,68H,18-19,24-32H2,1-11H3,(H,53,66)(H,54,61)(H,55,64)(H,56,62)(H,57,67)(H,58,63)/p+1/t38-,39+,40-,41+,42+/m1/s1. The van der Waals surface area contributed by atoms with Crippen LogP contribution in [-0.4, -0.2) is 123 Å². The Labute approximate surface area is 414 Å². The van der Waals surface area contributed by atoms with Gasteiger partial charge in [0.15, 0.2) is 0 Å². The van der Waals surface area contributed by atoms with Crippen LogP contribution in [0.5, 0.6) is 0 Å². The fraction of sp³-hybridized carbons (Fsp3) is 0.635. The van der Waals surface area contributed by atoms with E-state index in [2.05, 4.69) is 31.9 Å². The van der Waals surface area contributed by atoms with Crippen LogP contribution in [0.25, 0.3) is 0 Å². The highest BCUT2D eigenvalue weighted by Crippen LogP contribution is 2.36. The molecule has 18 nitrogen and oxygen atoms in total. The van der Waals surface area contributed by atoms with Gasteiger partial charge in [-0.25, -0.2) is 9.59 Å². The molecule has 0 bridgehead atoms. The fourth-order valence-corrected chi connectivity index (χ4v) is 9.25. The van der Waals surface area contributed by atoms with E-state index < -0.39 is 94.5 Å². The summed E-state index contributed by atoms with van der Waals surface area (Å²) in [4.78, 5) is 98.2. The summed E-state index contributed by atoms with van der Waals surface area (Å²) >= 11 is 0. The first-order valence-corrected chi connectivity index (χ1v) is 24.8. The molecule has 388 valence electrons. The zero-order valence-electron chi connectivity index (χ0n) is 43.2. The fourth-order valence-electron chi connectivity index (χ4n) is 9.25. The van der Waals surface area contributed by atoms with Crippen molar-refractivity contribution < 1.29 is 48.2 Å². The SMILES string of the molecule is CC(C)C[C@H](NC(=O)OC(C)(C)C)C(=O)N[C@H](Cc1ccccc1)C(=O)N1CCC[C@H]1C(=O)N[C@H](C(=O)N[C@H](CCCNC(=O)OCc1ccccc1)C(=O)NC1CC(C)(C)N([OH2+])C(C)(C)C1)C(C)C. The van der Waals surface area contributed by atoms with E-state index in [0.29, 0.717) is 32.1 Å². The molecule has 2 aromatic carbocycles. The molecule has 8 N–H and O–H groups in total. The molecule has 70 heavy (non-hydrogen) atoms. The molecule has 18 heteroatoms. The lowest BCUT2D eigenvalue weighted by Gasteiger charge is -2.48. The predicted octanol–water partition coefficient (Wildman–Crippen LogP) is 4.75. The Bertz CT molecular complexity index is 2060. The molecule has 2 aliphatic heterocycles. The monoisotopic (exact) mass is 978 g/mol. The van der Waals surface area contributed by atoms with E-state index in [-0.39, 0.29) is 50.9 Å². The van der Waals surface area contributed by atoms with Gasteiger partial charge in [-0.1, -0.05) is 93.4 Å². The number of likely N-dealkylation sites (tertiary alicyclic amines) is 1. The van der Waals surface area contributed by atoms with Crippen molar-refractivity contribution in [3.63, 3.8) is 0 Å². The summed E-state index contributed by atoms with van der Waals surface area (Å²) in [5, 5.41) is 27.4. The van der Waals surface area contributed by atoms with Crippen LogP contribution in [0.15, 0.2) is 60.7 Å². The zero-order valence-corrected chi connectivity index (χ0v) is 43.2. The molecule has 0 radical (unpaired) electrons. The largest absolute Gasteiger partial charge is 0.445 e. The second-order valence-corrected chi connectivity index (χ2v) is 21.8. The normalized spacial score (nSPS) is 18.7. The van der Waals surface area contributed by atoms with Crippen molar-refractivity contribution in [1.29, 1.82) is 0 Å². The molecule has 0 unspecified atom stereocenters. The van der Waals surface area contributed by atoms with E-state index in [1.54, 1.807) is 39.7 Å². The molecular weight excluding hydrogens is 897 g/mol. The number of carbonyl (C=O) groups is 7. The topological polar surface area (TPSA) is 240 Å². The number of ether oxygens (including phenoxy) is 2. The molecule has 2 heterocycles. The van der Waals surface area contributed by atoms with Gasteiger partial charge in [0.25, 0.3) is 0 Å². The average molecular weight is 978 g/mol.